The lowest BCUT2D eigenvalue weighted by molar-refractivity contribution is -0.131. The SMILES string of the molecule is CCCC(=O)N[C@H](C(=O)N[C@@H](C)C(=O)Nc1ccc(CSP2(=O)OC[C@H]3O[C@@H](n4cnc5c(N)ncnc54)[C@H](F)[C@@H]3OP(=O)(O)OC[C@H]3O[C@@H](n4cnc5c(O)ncnc54)C[C@@H]3O2)cc1)C(C)C. The van der Waals surface area contributed by atoms with Crippen LogP contribution in [0.2, 0.25) is 0 Å². The third kappa shape index (κ3) is 10.8. The van der Waals surface area contributed by atoms with Gasteiger partial charge in [0.25, 0.3) is 0 Å². The Hall–Kier alpha value is -5.21. The van der Waals surface area contributed by atoms with Crippen LogP contribution in [0.5, 0.6) is 5.88 Å². The van der Waals surface area contributed by atoms with Crippen molar-refractivity contribution in [3.63, 3.8) is 0 Å². The zero-order valence-corrected chi connectivity index (χ0v) is 39.5. The van der Waals surface area contributed by atoms with Crippen molar-refractivity contribution in [1.29, 1.82) is 0 Å². The highest BCUT2D eigenvalue weighted by molar-refractivity contribution is 8.54. The van der Waals surface area contributed by atoms with Crippen LogP contribution in [0.1, 0.15) is 65.0 Å². The number of anilines is 2. The van der Waals surface area contributed by atoms with Crippen molar-refractivity contribution in [1.82, 2.24) is 49.7 Å². The van der Waals surface area contributed by atoms with Crippen LogP contribution in [0.4, 0.5) is 15.9 Å². The molecule has 0 radical (unpaired) electrons. The van der Waals surface area contributed by atoms with E-state index in [-0.39, 0.29) is 64.4 Å². The second-order valence-electron chi connectivity index (χ2n) is 16.4. The Balaban J connectivity index is 0.999. The monoisotopic (exact) mass is 1010 g/mol. The fourth-order valence-corrected chi connectivity index (χ4v) is 12.0. The van der Waals surface area contributed by atoms with Gasteiger partial charge in [-0.05, 0) is 48.3 Å². The summed E-state index contributed by atoms with van der Waals surface area (Å²) in [7, 11) is -5.09. The number of nitrogens with one attached hydrogen (secondary N) is 3. The normalized spacial score (nSPS) is 28.5. The molecule has 0 aliphatic carbocycles. The van der Waals surface area contributed by atoms with Crippen LogP contribution in [0.15, 0.2) is 49.6 Å². The lowest BCUT2D eigenvalue weighted by atomic mass is 10.0. The number of nitrogens with zero attached hydrogens (tertiary/aromatic N) is 8. The molecule has 5 aromatic rings. The number of phosphoric ester groups is 1. The average molecular weight is 1010 g/mol. The second-order valence-corrected chi connectivity index (χ2v) is 21.9. The van der Waals surface area contributed by atoms with Crippen LogP contribution in [-0.4, -0.2) is 123 Å². The Bertz CT molecular complexity index is 2750. The minimum Gasteiger partial charge on any atom is -0.492 e. The van der Waals surface area contributed by atoms with E-state index in [0.29, 0.717) is 17.7 Å². The van der Waals surface area contributed by atoms with E-state index in [0.717, 1.165) is 24.0 Å². The molecule has 7 heterocycles. The zero-order valence-electron chi connectivity index (χ0n) is 36.9. The largest absolute Gasteiger partial charge is 0.492 e. The molecule has 0 saturated carbocycles. The highest BCUT2D eigenvalue weighted by Gasteiger charge is 2.53. The molecule has 0 spiro atoms. The predicted octanol–water partition coefficient (Wildman–Crippen LogP) is 3.82. The molecule has 3 aliphatic heterocycles. The summed E-state index contributed by atoms with van der Waals surface area (Å²) < 4.78 is 83.1. The lowest BCUT2D eigenvalue weighted by Crippen LogP contribution is -2.53. The van der Waals surface area contributed by atoms with Crippen molar-refractivity contribution in [2.24, 2.45) is 5.92 Å². The number of phosphoric acid groups is 1. The van der Waals surface area contributed by atoms with Gasteiger partial charge in [-0.2, -0.15) is 4.98 Å². The van der Waals surface area contributed by atoms with Gasteiger partial charge in [0.2, 0.25) is 23.6 Å². The van der Waals surface area contributed by atoms with Gasteiger partial charge in [0.05, 0.1) is 25.9 Å². The molecule has 0 bridgehead atoms. The summed E-state index contributed by atoms with van der Waals surface area (Å²) in [6, 6.07) is 4.73. The van der Waals surface area contributed by atoms with E-state index in [1.807, 2.05) is 6.92 Å². The van der Waals surface area contributed by atoms with Crippen LogP contribution in [0.3, 0.4) is 0 Å². The highest BCUT2D eigenvalue weighted by Crippen LogP contribution is 2.64. The number of nitrogen functional groups attached to an aromatic ring is 1. The maximum absolute atomic E-state index is 16.5. The minimum absolute atomic E-state index is 0.00659. The van der Waals surface area contributed by atoms with Gasteiger partial charge in [0, 0.05) is 24.3 Å². The van der Waals surface area contributed by atoms with Gasteiger partial charge < -0.3 is 41.2 Å². The first-order valence-electron chi connectivity index (χ1n) is 21.4. The number of imidazole rings is 2. The number of aromatic hydroxyl groups is 1. The summed E-state index contributed by atoms with van der Waals surface area (Å²) >= 11 is 0.773. The molecule has 3 saturated heterocycles. The van der Waals surface area contributed by atoms with E-state index in [2.05, 4.69) is 45.9 Å². The molecule has 2 unspecified atom stereocenters. The molecule has 3 amide bonds. The number of aromatic nitrogens is 8. The van der Waals surface area contributed by atoms with Crippen molar-refractivity contribution >= 4 is 77.6 Å². The molecule has 1 aromatic carbocycles. The van der Waals surface area contributed by atoms with Crippen LogP contribution < -0.4 is 21.7 Å². The van der Waals surface area contributed by atoms with Gasteiger partial charge >= 0.3 is 14.6 Å². The number of nitrogens with two attached hydrogens (primary N) is 1. The molecule has 68 heavy (non-hydrogen) atoms. The molecule has 366 valence electrons. The van der Waals surface area contributed by atoms with Crippen LogP contribution >= 0.6 is 26.0 Å². The summed E-state index contributed by atoms with van der Waals surface area (Å²) in [6.07, 6.45) is -4.67. The van der Waals surface area contributed by atoms with E-state index in [9.17, 15) is 28.9 Å². The van der Waals surface area contributed by atoms with Crippen molar-refractivity contribution in [2.45, 2.75) is 108 Å². The molecular formula is C39H49FN12O13P2S. The summed E-state index contributed by atoms with van der Waals surface area (Å²) in [5.41, 5.74) is 7.43. The molecule has 3 fully saturated rings. The molecule has 3 aliphatic rings. The van der Waals surface area contributed by atoms with Crippen molar-refractivity contribution in [3.8, 4) is 5.88 Å². The van der Waals surface area contributed by atoms with E-state index in [1.54, 1.807) is 38.1 Å². The smallest absolute Gasteiger partial charge is 0.472 e. The van der Waals surface area contributed by atoms with Crippen LogP contribution in [-0.2, 0) is 56.8 Å². The van der Waals surface area contributed by atoms with E-state index >= 15 is 8.96 Å². The Morgan fingerprint density at radius 3 is 2.31 bits per heavy atom. The number of hydrogen-bond acceptors (Lipinski definition) is 20. The highest BCUT2D eigenvalue weighted by atomic mass is 32.7. The van der Waals surface area contributed by atoms with Gasteiger partial charge in [-0.25, -0.2) is 38.4 Å². The van der Waals surface area contributed by atoms with E-state index in [4.69, 9.17) is 33.3 Å². The Labute approximate surface area is 390 Å². The van der Waals surface area contributed by atoms with Crippen LogP contribution in [0.25, 0.3) is 22.3 Å². The molecule has 8 rings (SSSR count). The number of amides is 3. The maximum Gasteiger partial charge on any atom is 0.472 e. The topological polar surface area (TPSA) is 330 Å². The summed E-state index contributed by atoms with van der Waals surface area (Å²) in [5.74, 6) is -1.87. The number of halogens is 1. The third-order valence-corrected chi connectivity index (χ3v) is 15.9. The Kier molecular flexibility index (Phi) is 14.8. The molecule has 25 nitrogen and oxygen atoms in total. The average Bonchev–Trinajstić information content (AvgIpc) is 4.09. The lowest BCUT2D eigenvalue weighted by Gasteiger charge is -2.28. The summed E-state index contributed by atoms with van der Waals surface area (Å²) in [6.45, 7) is 1.23. The van der Waals surface area contributed by atoms with E-state index < -0.39 is 94.8 Å². The molecule has 4 aromatic heterocycles. The van der Waals surface area contributed by atoms with Gasteiger partial charge in [-0.3, -0.25) is 41.6 Å². The van der Waals surface area contributed by atoms with Gasteiger partial charge in [-0.15, -0.1) is 0 Å². The fraction of sp³-hybridized carbons (Fsp3) is 0.513. The number of alkyl halides is 1. The first kappa shape index (κ1) is 49.2. The molecule has 11 atom stereocenters. The number of benzene rings is 1. The number of carbonyl (C=O) groups excluding carboxylic acids is 3. The Morgan fingerprint density at radius 1 is 0.882 bits per heavy atom. The number of carbonyl (C=O) groups is 3. The summed E-state index contributed by atoms with van der Waals surface area (Å²) in [4.78, 5) is 73.6. The minimum atomic E-state index is -5.09. The van der Waals surface area contributed by atoms with Crippen molar-refractivity contribution in [2.75, 3.05) is 24.3 Å². The second kappa shape index (κ2) is 20.4. The van der Waals surface area contributed by atoms with Crippen molar-refractivity contribution in [3.05, 3.63) is 55.1 Å². The molecule has 7 N–H and O–H groups in total. The van der Waals surface area contributed by atoms with Gasteiger partial charge in [0.1, 0.15) is 60.9 Å². The van der Waals surface area contributed by atoms with E-state index in [1.165, 1.54) is 28.7 Å². The zero-order chi connectivity index (χ0) is 48.5. The number of hydrogen-bond donors (Lipinski definition) is 6. The standard InChI is InChI=1S/C39H49FN12O13P2S/c1-5-6-26(53)50-29(19(2)3)38(56)48-20(4)36(54)49-22-9-7-21(8-10-22)14-68-67(59)61-13-25-32(28(40)39(63-25)52-18-46-30-33(41)42-15-43-34(30)52)65-66(57,58)60-12-24-23(64-67)11-27(62-24)51-17-47-31-35(51)44-16-45-37(31)55/h7-10,15-20,23-25,27-29,32,39H,5-6,11-14H2,1-4H3,(H,48,56)(H,49,54)(H,50,53)(H,57,58)(H2,41,42,43)(H,44,45,55)/t20-,23-,24+,25+,27+,28+,29-,32+,39+,67?/m0/s1. The number of rotatable bonds is 13. The Morgan fingerprint density at radius 2 is 1.57 bits per heavy atom. The fourth-order valence-electron chi connectivity index (χ4n) is 7.66. The van der Waals surface area contributed by atoms with Gasteiger partial charge in [-0.1, -0.05) is 32.9 Å². The molecular weight excluding hydrogens is 958 g/mol. The maximum atomic E-state index is 16.5. The first-order chi connectivity index (χ1) is 32.4. The predicted molar refractivity (Wildman–Crippen MR) is 239 cm³/mol. The third-order valence-electron chi connectivity index (χ3n) is 11.2. The molecule has 29 heteroatoms. The van der Waals surface area contributed by atoms with Crippen LogP contribution in [0, 0.1) is 5.92 Å². The number of ether oxygens (including phenoxy) is 2. The first-order valence-corrected chi connectivity index (χ1v) is 26.0. The summed E-state index contributed by atoms with van der Waals surface area (Å²) in [5, 5.41) is 18.4. The van der Waals surface area contributed by atoms with Crippen molar-refractivity contribution < 1.29 is 65.5 Å². The number of fused-ring (bicyclic) bond motifs is 4. The quantitative estimate of drug-likeness (QED) is 0.0913. The van der Waals surface area contributed by atoms with Gasteiger partial charge in [0.15, 0.2) is 35.0 Å².